The van der Waals surface area contributed by atoms with Crippen LogP contribution in [-0.4, -0.2) is 12.2 Å². The number of phenols is 1. The molecule has 23 heavy (non-hydrogen) atoms. The summed E-state index contributed by atoms with van der Waals surface area (Å²) in [7, 11) is 1.59. The van der Waals surface area contributed by atoms with Gasteiger partial charge in [0, 0.05) is 22.9 Å². The molecule has 0 fully saturated rings. The lowest BCUT2D eigenvalue weighted by Crippen LogP contribution is -2.05. The summed E-state index contributed by atoms with van der Waals surface area (Å²) in [6.45, 7) is 3.88. The second-order valence-electron chi connectivity index (χ2n) is 5.57. The van der Waals surface area contributed by atoms with Crippen molar-refractivity contribution in [2.24, 2.45) is 0 Å². The lowest BCUT2D eigenvalue weighted by atomic mass is 9.88. The van der Waals surface area contributed by atoms with E-state index in [1.54, 1.807) is 19.2 Å². The van der Waals surface area contributed by atoms with Crippen LogP contribution in [0.4, 0.5) is 0 Å². The highest BCUT2D eigenvalue weighted by Crippen LogP contribution is 2.39. The van der Waals surface area contributed by atoms with E-state index in [4.69, 9.17) is 9.15 Å². The number of hydrogen-bond acceptors (Lipinski definition) is 4. The maximum Gasteiger partial charge on any atom is 0.336 e. The maximum atomic E-state index is 11.7. The first kappa shape index (κ1) is 15.2. The van der Waals surface area contributed by atoms with Crippen LogP contribution in [0.1, 0.15) is 29.5 Å². The second-order valence-corrected chi connectivity index (χ2v) is 5.57. The SMILES string of the molecule is COc1ccc2ccc(=O)oc2c1C(C)c1cccc(O)c1C. The van der Waals surface area contributed by atoms with Gasteiger partial charge in [0.15, 0.2) is 0 Å². The predicted molar refractivity (Wildman–Crippen MR) is 89.4 cm³/mol. The number of fused-ring (bicyclic) bond motifs is 1. The molecule has 3 aromatic rings. The minimum Gasteiger partial charge on any atom is -0.508 e. The highest BCUT2D eigenvalue weighted by atomic mass is 16.5. The molecule has 0 spiro atoms. The Balaban J connectivity index is 2.31. The Morgan fingerprint density at radius 3 is 2.61 bits per heavy atom. The first-order valence-corrected chi connectivity index (χ1v) is 7.42. The van der Waals surface area contributed by atoms with Gasteiger partial charge in [-0.25, -0.2) is 4.79 Å². The van der Waals surface area contributed by atoms with Crippen molar-refractivity contribution in [1.82, 2.24) is 0 Å². The third kappa shape index (κ3) is 2.57. The Hall–Kier alpha value is -2.75. The molecule has 0 aliphatic heterocycles. The van der Waals surface area contributed by atoms with Gasteiger partial charge in [-0.1, -0.05) is 19.1 Å². The Bertz CT molecular complexity index is 924. The van der Waals surface area contributed by atoms with Crippen molar-refractivity contribution in [2.75, 3.05) is 7.11 Å². The molecule has 118 valence electrons. The third-order valence-corrected chi connectivity index (χ3v) is 4.25. The third-order valence-electron chi connectivity index (χ3n) is 4.25. The van der Waals surface area contributed by atoms with Gasteiger partial charge in [-0.3, -0.25) is 0 Å². The number of hydrogen-bond donors (Lipinski definition) is 1. The Labute approximate surface area is 134 Å². The predicted octanol–water partition coefficient (Wildman–Crippen LogP) is 3.97. The van der Waals surface area contributed by atoms with E-state index in [2.05, 4.69) is 0 Å². The molecule has 0 bridgehead atoms. The van der Waals surface area contributed by atoms with Crippen molar-refractivity contribution >= 4 is 11.0 Å². The summed E-state index contributed by atoms with van der Waals surface area (Å²) >= 11 is 0. The molecule has 1 aromatic heterocycles. The molecule has 4 nitrogen and oxygen atoms in total. The van der Waals surface area contributed by atoms with Crippen molar-refractivity contribution in [2.45, 2.75) is 19.8 Å². The molecule has 0 saturated heterocycles. The summed E-state index contributed by atoms with van der Waals surface area (Å²) in [6, 6.07) is 12.3. The molecule has 0 aliphatic rings. The monoisotopic (exact) mass is 310 g/mol. The lowest BCUT2D eigenvalue weighted by molar-refractivity contribution is 0.407. The number of ether oxygens (including phenoxy) is 1. The Kier molecular flexibility index (Phi) is 3.82. The zero-order chi connectivity index (χ0) is 16.6. The van der Waals surface area contributed by atoms with Gasteiger partial charge in [0.1, 0.15) is 17.1 Å². The molecule has 0 aliphatic carbocycles. The van der Waals surface area contributed by atoms with Gasteiger partial charge >= 0.3 is 5.63 Å². The zero-order valence-corrected chi connectivity index (χ0v) is 13.3. The molecular formula is C19H18O4. The van der Waals surface area contributed by atoms with E-state index in [9.17, 15) is 9.90 Å². The molecule has 3 rings (SSSR count). The van der Waals surface area contributed by atoms with Crippen LogP contribution < -0.4 is 10.4 Å². The first-order valence-electron chi connectivity index (χ1n) is 7.42. The van der Waals surface area contributed by atoms with E-state index in [0.717, 1.165) is 22.1 Å². The smallest absolute Gasteiger partial charge is 0.336 e. The molecule has 0 saturated carbocycles. The van der Waals surface area contributed by atoms with Gasteiger partial charge in [-0.15, -0.1) is 0 Å². The largest absolute Gasteiger partial charge is 0.508 e. The molecule has 0 amide bonds. The van der Waals surface area contributed by atoms with E-state index < -0.39 is 5.63 Å². The van der Waals surface area contributed by atoms with Gasteiger partial charge in [0.2, 0.25) is 0 Å². The van der Waals surface area contributed by atoms with Crippen LogP contribution in [0, 0.1) is 6.92 Å². The van der Waals surface area contributed by atoms with Crippen LogP contribution in [0.5, 0.6) is 11.5 Å². The second kappa shape index (κ2) is 5.80. The normalized spacial score (nSPS) is 12.3. The number of aromatic hydroxyl groups is 1. The molecule has 4 heteroatoms. The van der Waals surface area contributed by atoms with Gasteiger partial charge in [0.25, 0.3) is 0 Å². The number of methoxy groups -OCH3 is 1. The molecule has 2 aromatic carbocycles. The van der Waals surface area contributed by atoms with E-state index in [0.29, 0.717) is 11.3 Å². The highest BCUT2D eigenvalue weighted by molar-refractivity contribution is 5.83. The Morgan fingerprint density at radius 2 is 1.87 bits per heavy atom. The lowest BCUT2D eigenvalue weighted by Gasteiger charge is -2.19. The fraction of sp³-hybridized carbons (Fsp3) is 0.211. The van der Waals surface area contributed by atoms with E-state index in [-0.39, 0.29) is 11.7 Å². The van der Waals surface area contributed by atoms with Crippen molar-refractivity contribution in [3.63, 3.8) is 0 Å². The van der Waals surface area contributed by atoms with Crippen LogP contribution in [0.25, 0.3) is 11.0 Å². The van der Waals surface area contributed by atoms with Crippen molar-refractivity contribution in [1.29, 1.82) is 0 Å². The minimum absolute atomic E-state index is 0.105. The molecular weight excluding hydrogens is 292 g/mol. The first-order chi connectivity index (χ1) is 11.0. The van der Waals surface area contributed by atoms with Crippen molar-refractivity contribution in [3.8, 4) is 11.5 Å². The number of benzene rings is 2. The van der Waals surface area contributed by atoms with Crippen LogP contribution >= 0.6 is 0 Å². The minimum atomic E-state index is -0.396. The quantitative estimate of drug-likeness (QED) is 0.744. The summed E-state index contributed by atoms with van der Waals surface area (Å²) in [5.41, 5.74) is 2.69. The van der Waals surface area contributed by atoms with Crippen LogP contribution in [0.3, 0.4) is 0 Å². The maximum absolute atomic E-state index is 11.7. The summed E-state index contributed by atoms with van der Waals surface area (Å²) in [4.78, 5) is 11.7. The van der Waals surface area contributed by atoms with E-state index >= 15 is 0 Å². The average Bonchev–Trinajstić information content (AvgIpc) is 2.55. The summed E-state index contributed by atoms with van der Waals surface area (Å²) < 4.78 is 10.9. The molecule has 1 heterocycles. The summed E-state index contributed by atoms with van der Waals surface area (Å²) in [5.74, 6) is 0.795. The molecule has 1 unspecified atom stereocenters. The molecule has 1 N–H and O–H groups in total. The summed E-state index contributed by atoms with van der Waals surface area (Å²) in [5, 5.41) is 10.8. The van der Waals surface area contributed by atoms with Crippen LogP contribution in [0.2, 0.25) is 0 Å². The standard InChI is InChI=1S/C19H18O4/c1-11-14(5-4-6-15(11)20)12(2)18-16(22-3)9-7-13-8-10-17(21)23-19(13)18/h4-10,12,20H,1-3H3. The average molecular weight is 310 g/mol. The Morgan fingerprint density at radius 1 is 1.13 bits per heavy atom. The van der Waals surface area contributed by atoms with Gasteiger partial charge in [-0.2, -0.15) is 0 Å². The van der Waals surface area contributed by atoms with Gasteiger partial charge in [0.05, 0.1) is 7.11 Å². The van der Waals surface area contributed by atoms with Gasteiger partial charge < -0.3 is 14.3 Å². The fourth-order valence-corrected chi connectivity index (χ4v) is 2.99. The van der Waals surface area contributed by atoms with Crippen LogP contribution in [-0.2, 0) is 0 Å². The van der Waals surface area contributed by atoms with E-state index in [1.165, 1.54) is 6.07 Å². The van der Waals surface area contributed by atoms with Crippen molar-refractivity contribution < 1.29 is 14.3 Å². The van der Waals surface area contributed by atoms with E-state index in [1.807, 2.05) is 38.1 Å². The van der Waals surface area contributed by atoms with Crippen LogP contribution in [0.15, 0.2) is 51.7 Å². The topological polar surface area (TPSA) is 59.7 Å². The van der Waals surface area contributed by atoms with Gasteiger partial charge in [-0.05, 0) is 42.3 Å². The van der Waals surface area contributed by atoms with Crippen molar-refractivity contribution in [3.05, 3.63) is 69.6 Å². The number of rotatable bonds is 3. The molecule has 1 atom stereocenters. The number of phenolic OH excluding ortho intramolecular Hbond substituents is 1. The highest BCUT2D eigenvalue weighted by Gasteiger charge is 2.21. The fourth-order valence-electron chi connectivity index (χ4n) is 2.99. The summed E-state index contributed by atoms with van der Waals surface area (Å²) in [6.07, 6.45) is 0. The zero-order valence-electron chi connectivity index (χ0n) is 13.3. The molecule has 0 radical (unpaired) electrons.